The Kier molecular flexibility index (Phi) is 6.45. The van der Waals surface area contributed by atoms with Crippen molar-refractivity contribution in [3.05, 3.63) is 34.3 Å². The van der Waals surface area contributed by atoms with E-state index in [0.717, 1.165) is 10.0 Å². The van der Waals surface area contributed by atoms with E-state index in [1.54, 1.807) is 4.90 Å². The summed E-state index contributed by atoms with van der Waals surface area (Å²) < 4.78 is 0.984. The maximum Gasteiger partial charge on any atom is 0.227 e. The van der Waals surface area contributed by atoms with Gasteiger partial charge in [0.25, 0.3) is 0 Å². The topological polar surface area (TPSA) is 46.3 Å². The molecule has 0 radical (unpaired) electrons. The molecule has 0 fully saturated rings. The van der Waals surface area contributed by atoms with Crippen LogP contribution in [0.2, 0.25) is 0 Å². The molecule has 1 atom stereocenters. The number of nitrogens with two attached hydrogens (primary N) is 1. The van der Waals surface area contributed by atoms with Crippen LogP contribution in [0.4, 0.5) is 0 Å². The Balaban J connectivity index is 2.66. The zero-order valence-electron chi connectivity index (χ0n) is 11.2. The fourth-order valence-corrected chi connectivity index (χ4v) is 2.28. The lowest BCUT2D eigenvalue weighted by molar-refractivity contribution is -0.130. The van der Waals surface area contributed by atoms with E-state index < -0.39 is 0 Å². The quantitative estimate of drug-likeness (QED) is 0.808. The Morgan fingerprint density at radius 2 is 2.21 bits per heavy atom. The van der Waals surface area contributed by atoms with Crippen molar-refractivity contribution in [1.29, 1.82) is 0 Å². The lowest BCUT2D eigenvalue weighted by atomic mass is 10.1. The number of nitrogens with zero attached hydrogens (tertiary/aromatic N) is 1. The second-order valence-corrected chi connectivity index (χ2v) is 5.93. The third-order valence-electron chi connectivity index (χ3n) is 2.96. The van der Waals surface area contributed by atoms with Gasteiger partial charge in [0.1, 0.15) is 0 Å². The van der Waals surface area contributed by atoms with Gasteiger partial charge in [-0.1, -0.05) is 47.2 Å². The second kappa shape index (κ2) is 7.60. The van der Waals surface area contributed by atoms with E-state index in [0.29, 0.717) is 24.5 Å². The van der Waals surface area contributed by atoms with Gasteiger partial charge in [0.05, 0.1) is 11.4 Å². The standard InChI is InChI=1S/C14H19BrN2OS/c1-3-17(9-10(2)14(16)19)13(18)8-11-5-4-6-12(15)7-11/h4-7,10H,3,8-9H2,1-2H3,(H2,16,19). The highest BCUT2D eigenvalue weighted by molar-refractivity contribution is 9.10. The third kappa shape index (κ3) is 5.28. The van der Waals surface area contributed by atoms with E-state index in [4.69, 9.17) is 18.0 Å². The predicted molar refractivity (Wildman–Crippen MR) is 86.0 cm³/mol. The second-order valence-electron chi connectivity index (χ2n) is 4.54. The summed E-state index contributed by atoms with van der Waals surface area (Å²) in [6.07, 6.45) is 0.400. The van der Waals surface area contributed by atoms with E-state index in [1.165, 1.54) is 0 Å². The molecule has 1 aromatic rings. The van der Waals surface area contributed by atoms with Crippen molar-refractivity contribution in [3.8, 4) is 0 Å². The van der Waals surface area contributed by atoms with Crippen LogP contribution in [0.15, 0.2) is 28.7 Å². The van der Waals surface area contributed by atoms with Gasteiger partial charge >= 0.3 is 0 Å². The van der Waals surface area contributed by atoms with Crippen LogP contribution in [0.1, 0.15) is 19.4 Å². The van der Waals surface area contributed by atoms with Crippen molar-refractivity contribution in [1.82, 2.24) is 4.90 Å². The molecule has 104 valence electrons. The zero-order chi connectivity index (χ0) is 14.4. The lowest BCUT2D eigenvalue weighted by Crippen LogP contribution is -2.38. The van der Waals surface area contributed by atoms with Gasteiger partial charge < -0.3 is 10.6 Å². The number of likely N-dealkylation sites (N-methyl/N-ethyl adjacent to an activating group) is 1. The lowest BCUT2D eigenvalue weighted by Gasteiger charge is -2.24. The molecule has 0 heterocycles. The fraction of sp³-hybridized carbons (Fsp3) is 0.429. The number of hydrogen-bond acceptors (Lipinski definition) is 2. The maximum absolute atomic E-state index is 12.2. The van der Waals surface area contributed by atoms with Gasteiger partial charge in [0.15, 0.2) is 0 Å². The molecule has 0 saturated heterocycles. The molecule has 0 spiro atoms. The monoisotopic (exact) mass is 342 g/mol. The van der Waals surface area contributed by atoms with Gasteiger partial charge in [-0.3, -0.25) is 4.79 Å². The van der Waals surface area contributed by atoms with Crippen LogP contribution < -0.4 is 5.73 Å². The van der Waals surface area contributed by atoms with E-state index in [2.05, 4.69) is 15.9 Å². The molecule has 0 saturated carbocycles. The molecule has 5 heteroatoms. The smallest absolute Gasteiger partial charge is 0.227 e. The van der Waals surface area contributed by atoms with Gasteiger partial charge in [0, 0.05) is 23.5 Å². The Morgan fingerprint density at radius 1 is 1.53 bits per heavy atom. The van der Waals surface area contributed by atoms with Crippen molar-refractivity contribution in [3.63, 3.8) is 0 Å². The van der Waals surface area contributed by atoms with Gasteiger partial charge in [-0.05, 0) is 24.6 Å². The number of halogens is 1. The van der Waals surface area contributed by atoms with Gasteiger partial charge in [-0.2, -0.15) is 0 Å². The number of benzene rings is 1. The molecular formula is C14H19BrN2OS. The highest BCUT2D eigenvalue weighted by Crippen LogP contribution is 2.13. The molecule has 1 rings (SSSR count). The maximum atomic E-state index is 12.2. The van der Waals surface area contributed by atoms with Gasteiger partial charge in [0.2, 0.25) is 5.91 Å². The van der Waals surface area contributed by atoms with E-state index in [9.17, 15) is 4.79 Å². The Labute approximate surface area is 128 Å². The first-order valence-electron chi connectivity index (χ1n) is 6.25. The molecule has 1 aromatic carbocycles. The SMILES string of the molecule is CCN(CC(C)C(N)=S)C(=O)Cc1cccc(Br)c1. The molecule has 1 amide bonds. The Bertz CT molecular complexity index is 465. The summed E-state index contributed by atoms with van der Waals surface area (Å²) in [6, 6.07) is 7.79. The molecule has 19 heavy (non-hydrogen) atoms. The third-order valence-corrected chi connectivity index (χ3v) is 3.85. The number of carbonyl (C=O) groups excluding carboxylic acids is 1. The van der Waals surface area contributed by atoms with Crippen molar-refractivity contribution >= 4 is 39.0 Å². The average molecular weight is 343 g/mol. The Hall–Kier alpha value is -0.940. The van der Waals surface area contributed by atoms with E-state index in [-0.39, 0.29) is 11.8 Å². The van der Waals surface area contributed by atoms with Gasteiger partial charge in [-0.15, -0.1) is 0 Å². The average Bonchev–Trinajstić information content (AvgIpc) is 2.35. The molecule has 0 aromatic heterocycles. The highest BCUT2D eigenvalue weighted by atomic mass is 79.9. The van der Waals surface area contributed by atoms with Crippen LogP contribution in [0.3, 0.4) is 0 Å². The summed E-state index contributed by atoms with van der Waals surface area (Å²) in [5.41, 5.74) is 6.60. The number of rotatable bonds is 6. The number of carbonyl (C=O) groups is 1. The van der Waals surface area contributed by atoms with Crippen molar-refractivity contribution in [2.75, 3.05) is 13.1 Å². The fourth-order valence-electron chi connectivity index (χ4n) is 1.76. The molecular weight excluding hydrogens is 324 g/mol. The first-order valence-corrected chi connectivity index (χ1v) is 7.45. The summed E-state index contributed by atoms with van der Waals surface area (Å²) in [5, 5.41) is 0. The van der Waals surface area contributed by atoms with Crippen molar-refractivity contribution in [2.45, 2.75) is 20.3 Å². The number of thiocarbonyl (C=S) groups is 1. The van der Waals surface area contributed by atoms with Gasteiger partial charge in [-0.25, -0.2) is 0 Å². The van der Waals surface area contributed by atoms with E-state index in [1.807, 2.05) is 38.1 Å². The van der Waals surface area contributed by atoms with Crippen LogP contribution in [0.5, 0.6) is 0 Å². The van der Waals surface area contributed by atoms with Crippen molar-refractivity contribution in [2.24, 2.45) is 11.7 Å². The number of hydrogen-bond donors (Lipinski definition) is 1. The summed E-state index contributed by atoms with van der Waals surface area (Å²) in [6.45, 7) is 5.15. The molecule has 2 N–H and O–H groups in total. The van der Waals surface area contributed by atoms with Crippen LogP contribution in [0, 0.1) is 5.92 Å². The molecule has 0 aliphatic heterocycles. The van der Waals surface area contributed by atoms with E-state index >= 15 is 0 Å². The summed E-state index contributed by atoms with van der Waals surface area (Å²) in [5.74, 6) is 0.144. The zero-order valence-corrected chi connectivity index (χ0v) is 13.6. The molecule has 0 bridgehead atoms. The normalized spacial score (nSPS) is 11.9. The molecule has 0 aliphatic carbocycles. The highest BCUT2D eigenvalue weighted by Gasteiger charge is 2.16. The molecule has 0 aliphatic rings. The summed E-state index contributed by atoms with van der Waals surface area (Å²) >= 11 is 8.36. The van der Waals surface area contributed by atoms with Crippen LogP contribution in [-0.2, 0) is 11.2 Å². The largest absolute Gasteiger partial charge is 0.393 e. The molecule has 3 nitrogen and oxygen atoms in total. The first-order chi connectivity index (χ1) is 8.93. The Morgan fingerprint density at radius 3 is 2.74 bits per heavy atom. The predicted octanol–water partition coefficient (Wildman–Crippen LogP) is 2.76. The first kappa shape index (κ1) is 16.1. The van der Waals surface area contributed by atoms with Crippen molar-refractivity contribution < 1.29 is 4.79 Å². The summed E-state index contributed by atoms with van der Waals surface area (Å²) in [7, 11) is 0. The minimum atomic E-state index is 0.0430. The number of amides is 1. The minimum absolute atomic E-state index is 0.0430. The van der Waals surface area contributed by atoms with Crippen LogP contribution in [-0.4, -0.2) is 28.9 Å². The molecule has 1 unspecified atom stereocenters. The van der Waals surface area contributed by atoms with Crippen LogP contribution in [0.25, 0.3) is 0 Å². The van der Waals surface area contributed by atoms with Crippen LogP contribution >= 0.6 is 28.1 Å². The minimum Gasteiger partial charge on any atom is -0.393 e. The summed E-state index contributed by atoms with van der Waals surface area (Å²) in [4.78, 5) is 14.5.